The van der Waals surface area contributed by atoms with Gasteiger partial charge in [-0.15, -0.1) is 11.3 Å². The third-order valence-corrected chi connectivity index (χ3v) is 6.85. The number of thiol groups is 1. The van der Waals surface area contributed by atoms with E-state index < -0.39 is 36.0 Å². The van der Waals surface area contributed by atoms with E-state index in [1.807, 2.05) is 34.6 Å². The van der Waals surface area contributed by atoms with Crippen molar-refractivity contribution in [3.05, 3.63) is 26.5 Å². The van der Waals surface area contributed by atoms with Crippen LogP contribution in [-0.4, -0.2) is 53.7 Å². The number of nitrogens with zero attached hydrogens (tertiary/aromatic N) is 5. The van der Waals surface area contributed by atoms with E-state index in [1.165, 1.54) is 23.3 Å². The fraction of sp³-hybridized carbons (Fsp3) is 0.727. The third kappa shape index (κ3) is 8.99. The molecule has 0 bridgehead atoms. The number of methoxy groups -OCH3 is 1. The van der Waals surface area contributed by atoms with Gasteiger partial charge in [-0.05, 0) is 36.7 Å². The molecule has 0 aromatic carbocycles. The molecule has 0 unspecified atom stereocenters. The highest BCUT2D eigenvalue weighted by atomic mass is 32.1. The molecule has 1 aromatic rings. The summed E-state index contributed by atoms with van der Waals surface area (Å²) in [5, 5.41) is 5.79. The summed E-state index contributed by atoms with van der Waals surface area (Å²) in [4.78, 5) is 46.1. The Bertz CT molecular complexity index is 889. The first kappa shape index (κ1) is 30.7. The minimum absolute atomic E-state index is 0.0986. The smallest absolute Gasteiger partial charge is 0.357 e. The molecule has 196 valence electrons. The Balaban J connectivity index is 3.34. The number of aromatic nitrogens is 1. The number of azide groups is 1. The molecular weight excluding hydrogens is 494 g/mol. The van der Waals surface area contributed by atoms with Gasteiger partial charge in [-0.1, -0.05) is 46.2 Å². The Hall–Kier alpha value is -2.34. The summed E-state index contributed by atoms with van der Waals surface area (Å²) in [5.41, 5.74) is 9.22. The largest absolute Gasteiger partial charge is 0.464 e. The highest BCUT2D eigenvalue weighted by molar-refractivity contribution is 7.75. The van der Waals surface area contributed by atoms with Crippen molar-refractivity contribution in [3.8, 4) is 0 Å². The second-order valence-electron chi connectivity index (χ2n) is 8.44. The molecule has 1 aromatic heterocycles. The van der Waals surface area contributed by atoms with Crippen molar-refractivity contribution in [1.82, 2.24) is 9.88 Å². The first-order valence-corrected chi connectivity index (χ1v) is 12.7. The summed E-state index contributed by atoms with van der Waals surface area (Å²) < 4.78 is 15.5. The predicted molar refractivity (Wildman–Crippen MR) is 135 cm³/mol. The average molecular weight is 530 g/mol. The number of carbonyl (C=O) groups excluding carboxylic acids is 3. The van der Waals surface area contributed by atoms with E-state index in [-0.39, 0.29) is 37.1 Å². The molecule has 0 radical (unpaired) electrons. The van der Waals surface area contributed by atoms with Crippen molar-refractivity contribution in [2.24, 2.45) is 17.0 Å². The molecule has 4 atom stereocenters. The number of carbonyl (C=O) groups is 3. The van der Waals surface area contributed by atoms with Crippen molar-refractivity contribution >= 4 is 42.1 Å². The number of rotatable bonds is 15. The monoisotopic (exact) mass is 529 g/mol. The Morgan fingerprint density at radius 3 is 2.49 bits per heavy atom. The fourth-order valence-electron chi connectivity index (χ4n) is 3.40. The summed E-state index contributed by atoms with van der Waals surface area (Å²) in [6.07, 6.45) is 1.02. The van der Waals surface area contributed by atoms with Crippen LogP contribution in [0.1, 0.15) is 81.9 Å². The minimum Gasteiger partial charge on any atom is -0.464 e. The molecule has 1 rings (SSSR count). The molecule has 11 nitrogen and oxygen atoms in total. The Kier molecular flexibility index (Phi) is 13.7. The molecule has 1 heterocycles. The molecule has 0 saturated carbocycles. The second kappa shape index (κ2) is 15.6. The summed E-state index contributed by atoms with van der Waals surface area (Å²) in [6.45, 7) is 9.12. The lowest BCUT2D eigenvalue weighted by Crippen LogP contribution is -2.50. The van der Waals surface area contributed by atoms with Crippen molar-refractivity contribution in [2.45, 2.75) is 78.5 Å². The van der Waals surface area contributed by atoms with Crippen LogP contribution in [0, 0.1) is 11.8 Å². The van der Waals surface area contributed by atoms with E-state index in [1.54, 1.807) is 5.38 Å². The molecular formula is C22H35N5O6S2. The van der Waals surface area contributed by atoms with Crippen LogP contribution in [-0.2, 0) is 23.2 Å². The molecule has 0 N–H and O–H groups in total. The quantitative estimate of drug-likeness (QED) is 0.0633. The number of hydrogen-bond acceptors (Lipinski definition) is 10. The van der Waals surface area contributed by atoms with Gasteiger partial charge in [0.25, 0.3) is 0 Å². The Labute approximate surface area is 215 Å². The molecule has 13 heteroatoms. The normalized spacial score (nSPS) is 14.4. The van der Waals surface area contributed by atoms with Gasteiger partial charge in [-0.3, -0.25) is 9.59 Å². The van der Waals surface area contributed by atoms with E-state index in [0.717, 1.165) is 0 Å². The van der Waals surface area contributed by atoms with Gasteiger partial charge < -0.3 is 18.6 Å². The average Bonchev–Trinajstić information content (AvgIpc) is 3.33. The van der Waals surface area contributed by atoms with Crippen LogP contribution in [0.3, 0.4) is 0 Å². The number of hydrogen-bond donors (Lipinski definition) is 1. The Morgan fingerprint density at radius 2 is 1.97 bits per heavy atom. The summed E-state index contributed by atoms with van der Waals surface area (Å²) in [5.74, 6) is -1.76. The minimum atomic E-state index is -0.961. The second-order valence-corrected chi connectivity index (χ2v) is 9.54. The highest BCUT2D eigenvalue weighted by Gasteiger charge is 2.36. The zero-order chi connectivity index (χ0) is 26.5. The standard InChI is InChI=1S/C22H35N5O6S2/c1-7-9-18(28)32-12-27(21(29)19(25-26-23)14(5)8-2)16(13(3)4)10-17(33-34)20-24-15(11-35-20)22(30)31-6/h11,13-14,16-17,19,34H,7-10,12H2,1-6H3/t14-,16+,17+,19-/m0/s1. The van der Waals surface area contributed by atoms with Crippen LogP contribution in [0.4, 0.5) is 0 Å². The van der Waals surface area contributed by atoms with Gasteiger partial charge in [0.2, 0.25) is 5.91 Å². The summed E-state index contributed by atoms with van der Waals surface area (Å²) in [7, 11) is 1.27. The van der Waals surface area contributed by atoms with E-state index >= 15 is 0 Å². The van der Waals surface area contributed by atoms with E-state index in [2.05, 4.69) is 27.9 Å². The zero-order valence-electron chi connectivity index (χ0n) is 21.0. The lowest BCUT2D eigenvalue weighted by atomic mass is 9.93. The van der Waals surface area contributed by atoms with Crippen molar-refractivity contribution in [1.29, 1.82) is 0 Å². The van der Waals surface area contributed by atoms with Gasteiger partial charge in [0, 0.05) is 29.2 Å². The molecule has 0 spiro atoms. The van der Waals surface area contributed by atoms with E-state index in [4.69, 9.17) is 19.2 Å². The van der Waals surface area contributed by atoms with Gasteiger partial charge >= 0.3 is 11.9 Å². The molecule has 0 aliphatic heterocycles. The SMILES string of the molecule is CCCC(=O)OCN(C(=O)[C@@H](N=[N+]=[N-])[C@@H](C)CC)[C@H](C[C@@H](OS)c1nc(C(=O)OC)cs1)C(C)C. The van der Waals surface area contributed by atoms with Crippen LogP contribution in [0.5, 0.6) is 0 Å². The van der Waals surface area contributed by atoms with Crippen molar-refractivity contribution in [2.75, 3.05) is 13.8 Å². The van der Waals surface area contributed by atoms with E-state index in [0.29, 0.717) is 17.8 Å². The molecule has 35 heavy (non-hydrogen) atoms. The van der Waals surface area contributed by atoms with Gasteiger partial charge in [-0.25, -0.2) is 9.78 Å². The maximum atomic E-state index is 13.6. The van der Waals surface area contributed by atoms with Crippen molar-refractivity contribution < 1.29 is 28.0 Å². The number of thiazole rings is 1. The number of esters is 2. The molecule has 0 saturated heterocycles. The molecule has 0 aliphatic carbocycles. The first-order valence-electron chi connectivity index (χ1n) is 11.5. The van der Waals surface area contributed by atoms with Crippen LogP contribution < -0.4 is 0 Å². The van der Waals surface area contributed by atoms with Gasteiger partial charge in [0.1, 0.15) is 17.2 Å². The van der Waals surface area contributed by atoms with Gasteiger partial charge in [0.05, 0.1) is 7.11 Å². The fourth-order valence-corrected chi connectivity index (χ4v) is 4.48. The number of amides is 1. The number of ether oxygens (including phenoxy) is 2. The van der Waals surface area contributed by atoms with Crippen LogP contribution in [0.15, 0.2) is 10.5 Å². The summed E-state index contributed by atoms with van der Waals surface area (Å²) in [6, 6.07) is -1.45. The maximum absolute atomic E-state index is 13.6. The van der Waals surface area contributed by atoms with Crippen LogP contribution >= 0.6 is 24.2 Å². The topological polar surface area (TPSA) is 144 Å². The van der Waals surface area contributed by atoms with Crippen LogP contribution in [0.25, 0.3) is 10.4 Å². The van der Waals surface area contributed by atoms with E-state index in [9.17, 15) is 14.4 Å². The lowest BCUT2D eigenvalue weighted by Gasteiger charge is -2.37. The molecule has 0 fully saturated rings. The maximum Gasteiger partial charge on any atom is 0.357 e. The predicted octanol–water partition coefficient (Wildman–Crippen LogP) is 5.10. The third-order valence-electron chi connectivity index (χ3n) is 5.66. The summed E-state index contributed by atoms with van der Waals surface area (Å²) >= 11 is 5.21. The van der Waals surface area contributed by atoms with Crippen molar-refractivity contribution in [3.63, 3.8) is 0 Å². The van der Waals surface area contributed by atoms with Gasteiger partial charge in [0.15, 0.2) is 12.4 Å². The van der Waals surface area contributed by atoms with Crippen LogP contribution in [0.2, 0.25) is 0 Å². The Morgan fingerprint density at radius 1 is 1.29 bits per heavy atom. The molecule has 0 aliphatic rings. The lowest BCUT2D eigenvalue weighted by molar-refractivity contribution is -0.158. The zero-order valence-corrected chi connectivity index (χ0v) is 22.8. The van der Waals surface area contributed by atoms with Gasteiger partial charge in [-0.2, -0.15) is 0 Å². The first-order chi connectivity index (χ1) is 16.6. The highest BCUT2D eigenvalue weighted by Crippen LogP contribution is 2.32. The molecule has 1 amide bonds.